The molecule has 3 atom stereocenters. The molecule has 2 fully saturated rings. The highest BCUT2D eigenvalue weighted by atomic mass is 16.6. The second-order valence-corrected chi connectivity index (χ2v) is 8.55. The van der Waals surface area contributed by atoms with Crippen LogP contribution in [0.25, 0.3) is 0 Å². The molecular formula is C19H32N2O4. The fourth-order valence-electron chi connectivity index (χ4n) is 3.94. The zero-order chi connectivity index (χ0) is 18.8. The van der Waals surface area contributed by atoms with Crippen molar-refractivity contribution in [1.82, 2.24) is 9.80 Å². The highest BCUT2D eigenvalue weighted by Crippen LogP contribution is 2.60. The highest BCUT2D eigenvalue weighted by Gasteiger charge is 2.68. The molecule has 0 aromatic heterocycles. The van der Waals surface area contributed by atoms with E-state index in [4.69, 9.17) is 4.74 Å². The van der Waals surface area contributed by atoms with Crippen LogP contribution in [0.5, 0.6) is 0 Å². The summed E-state index contributed by atoms with van der Waals surface area (Å²) in [4.78, 5) is 27.9. The number of amides is 1. The molecule has 0 spiro atoms. The maximum atomic E-state index is 12.5. The van der Waals surface area contributed by atoms with Crippen molar-refractivity contribution < 1.29 is 19.4 Å². The average molecular weight is 352 g/mol. The minimum Gasteiger partial charge on any atom is -0.480 e. The van der Waals surface area contributed by atoms with E-state index in [0.717, 1.165) is 38.8 Å². The van der Waals surface area contributed by atoms with Gasteiger partial charge in [-0.1, -0.05) is 6.08 Å². The minimum absolute atomic E-state index is 0.0147. The Morgan fingerprint density at radius 1 is 1.36 bits per heavy atom. The van der Waals surface area contributed by atoms with E-state index in [1.807, 2.05) is 6.08 Å². The van der Waals surface area contributed by atoms with Crippen molar-refractivity contribution >= 4 is 12.1 Å². The Morgan fingerprint density at radius 3 is 2.60 bits per heavy atom. The van der Waals surface area contributed by atoms with Crippen LogP contribution in [0.3, 0.4) is 0 Å². The van der Waals surface area contributed by atoms with E-state index in [1.54, 1.807) is 20.8 Å². The van der Waals surface area contributed by atoms with Crippen molar-refractivity contribution in [2.45, 2.75) is 70.6 Å². The van der Waals surface area contributed by atoms with Crippen LogP contribution in [0.1, 0.15) is 52.9 Å². The summed E-state index contributed by atoms with van der Waals surface area (Å²) in [6, 6.07) is -0.790. The lowest BCUT2D eigenvalue weighted by Gasteiger charge is -2.28. The standard InChI is InChI=1S/C19H32N2O4/c1-6-7-8-9-10-20(5)13-19-11-14(16(22)23)21(15(19)12-19)17(24)25-18(2,3)4/h6,14-15H,1,7-13H2,2-5H3,(H,22,23)/t14-,15+,19-/m0/s1. The molecule has 25 heavy (non-hydrogen) atoms. The van der Waals surface area contributed by atoms with E-state index in [9.17, 15) is 14.7 Å². The van der Waals surface area contributed by atoms with Gasteiger partial charge in [-0.05, 0) is 66.5 Å². The van der Waals surface area contributed by atoms with Crippen molar-refractivity contribution in [2.24, 2.45) is 5.41 Å². The van der Waals surface area contributed by atoms with Gasteiger partial charge in [-0.2, -0.15) is 0 Å². The summed E-state index contributed by atoms with van der Waals surface area (Å²) < 4.78 is 5.44. The zero-order valence-electron chi connectivity index (χ0n) is 16.0. The molecule has 6 heteroatoms. The first-order valence-electron chi connectivity index (χ1n) is 9.13. The van der Waals surface area contributed by atoms with Gasteiger partial charge in [0.25, 0.3) is 0 Å². The lowest BCUT2D eigenvalue weighted by Crippen LogP contribution is -2.45. The van der Waals surface area contributed by atoms with Crippen LogP contribution in [-0.4, -0.2) is 64.8 Å². The molecule has 0 bridgehead atoms. The largest absolute Gasteiger partial charge is 0.480 e. The highest BCUT2D eigenvalue weighted by molar-refractivity contribution is 5.82. The predicted molar refractivity (Wildman–Crippen MR) is 96.5 cm³/mol. The maximum absolute atomic E-state index is 12.5. The van der Waals surface area contributed by atoms with E-state index in [2.05, 4.69) is 18.5 Å². The summed E-state index contributed by atoms with van der Waals surface area (Å²) in [7, 11) is 2.07. The van der Waals surface area contributed by atoms with Crippen LogP contribution in [0.4, 0.5) is 4.79 Å². The Hall–Kier alpha value is -1.56. The van der Waals surface area contributed by atoms with Crippen LogP contribution in [-0.2, 0) is 9.53 Å². The molecule has 1 saturated heterocycles. The molecule has 1 saturated carbocycles. The fraction of sp³-hybridized carbons (Fsp3) is 0.789. The molecule has 142 valence electrons. The second kappa shape index (κ2) is 7.36. The normalized spacial score (nSPS) is 28.0. The fourth-order valence-corrected chi connectivity index (χ4v) is 3.94. The molecule has 0 aromatic rings. The predicted octanol–water partition coefficient (Wildman–Crippen LogP) is 3.13. The Kier molecular flexibility index (Phi) is 5.82. The molecule has 1 aliphatic carbocycles. The molecule has 0 radical (unpaired) electrons. The van der Waals surface area contributed by atoms with Gasteiger partial charge in [0.2, 0.25) is 0 Å². The molecule has 2 aliphatic rings. The molecule has 1 aliphatic heterocycles. The van der Waals surface area contributed by atoms with E-state index in [-0.39, 0.29) is 11.5 Å². The number of allylic oxidation sites excluding steroid dienone is 1. The van der Waals surface area contributed by atoms with Gasteiger partial charge in [-0.15, -0.1) is 6.58 Å². The number of carbonyl (C=O) groups is 2. The van der Waals surface area contributed by atoms with Crippen LogP contribution < -0.4 is 0 Å². The SMILES string of the molecule is C=CCCCCN(C)C[C@@]12C[C@@H](C(=O)O)N(C(=O)OC(C)(C)C)[C@@H]1C2. The van der Waals surface area contributed by atoms with Gasteiger partial charge < -0.3 is 14.7 Å². The van der Waals surface area contributed by atoms with E-state index < -0.39 is 23.7 Å². The van der Waals surface area contributed by atoms with Gasteiger partial charge in [0.05, 0.1) is 0 Å². The number of nitrogens with zero attached hydrogens (tertiary/aromatic N) is 2. The monoisotopic (exact) mass is 352 g/mol. The third-order valence-electron chi connectivity index (χ3n) is 5.09. The van der Waals surface area contributed by atoms with Crippen LogP contribution in [0, 0.1) is 5.41 Å². The quantitative estimate of drug-likeness (QED) is 0.537. The first kappa shape index (κ1) is 19.8. The summed E-state index contributed by atoms with van der Waals surface area (Å²) in [5.41, 5.74) is -0.713. The Morgan fingerprint density at radius 2 is 2.04 bits per heavy atom. The van der Waals surface area contributed by atoms with Gasteiger partial charge in [-0.25, -0.2) is 9.59 Å². The Bertz CT molecular complexity index is 528. The molecule has 6 nitrogen and oxygen atoms in total. The summed E-state index contributed by atoms with van der Waals surface area (Å²) in [6.07, 6.45) is 6.06. The van der Waals surface area contributed by atoms with Gasteiger partial charge in [0.15, 0.2) is 0 Å². The van der Waals surface area contributed by atoms with Crippen LogP contribution in [0.15, 0.2) is 12.7 Å². The number of fused-ring (bicyclic) bond motifs is 1. The number of rotatable bonds is 8. The van der Waals surface area contributed by atoms with Crippen LogP contribution >= 0.6 is 0 Å². The first-order chi connectivity index (χ1) is 11.6. The molecule has 0 unspecified atom stereocenters. The lowest BCUT2D eigenvalue weighted by atomic mass is 9.99. The summed E-state index contributed by atoms with van der Waals surface area (Å²) in [5, 5.41) is 9.55. The van der Waals surface area contributed by atoms with E-state index in [0.29, 0.717) is 6.42 Å². The maximum Gasteiger partial charge on any atom is 0.411 e. The van der Waals surface area contributed by atoms with Gasteiger partial charge in [0.1, 0.15) is 11.6 Å². The van der Waals surface area contributed by atoms with Crippen molar-refractivity contribution in [3.05, 3.63) is 12.7 Å². The van der Waals surface area contributed by atoms with E-state index in [1.165, 1.54) is 4.90 Å². The number of piperidine rings is 1. The number of ether oxygens (including phenoxy) is 1. The minimum atomic E-state index is -0.939. The summed E-state index contributed by atoms with van der Waals surface area (Å²) >= 11 is 0. The molecule has 1 N–H and O–H groups in total. The third kappa shape index (κ3) is 4.75. The Labute approximate surface area is 150 Å². The molecular weight excluding hydrogens is 320 g/mol. The number of likely N-dealkylation sites (tertiary alicyclic amines) is 1. The summed E-state index contributed by atoms with van der Waals surface area (Å²) in [5.74, 6) is -0.939. The number of carbonyl (C=O) groups excluding carboxylic acids is 1. The van der Waals surface area contributed by atoms with Gasteiger partial charge >= 0.3 is 12.1 Å². The Balaban J connectivity index is 1.97. The number of carboxylic acid groups (broad SMARTS) is 1. The smallest absolute Gasteiger partial charge is 0.411 e. The number of unbranched alkanes of at least 4 members (excludes halogenated alkanes) is 2. The van der Waals surface area contributed by atoms with Crippen molar-refractivity contribution in [3.63, 3.8) is 0 Å². The number of aliphatic carboxylic acids is 1. The van der Waals surface area contributed by atoms with E-state index >= 15 is 0 Å². The molecule has 1 amide bonds. The second-order valence-electron chi connectivity index (χ2n) is 8.55. The van der Waals surface area contributed by atoms with Gasteiger partial charge in [0, 0.05) is 18.0 Å². The van der Waals surface area contributed by atoms with Crippen molar-refractivity contribution in [1.29, 1.82) is 0 Å². The molecule has 2 rings (SSSR count). The van der Waals surface area contributed by atoms with Crippen molar-refractivity contribution in [2.75, 3.05) is 20.1 Å². The zero-order valence-corrected chi connectivity index (χ0v) is 16.0. The van der Waals surface area contributed by atoms with Gasteiger partial charge in [-0.3, -0.25) is 4.90 Å². The third-order valence-corrected chi connectivity index (χ3v) is 5.09. The average Bonchev–Trinajstić information content (AvgIpc) is 3.05. The van der Waals surface area contributed by atoms with Crippen LogP contribution in [0.2, 0.25) is 0 Å². The first-order valence-corrected chi connectivity index (χ1v) is 9.13. The topological polar surface area (TPSA) is 70.1 Å². The summed E-state index contributed by atoms with van der Waals surface area (Å²) in [6.45, 7) is 10.9. The molecule has 0 aromatic carbocycles. The number of hydrogen-bond donors (Lipinski definition) is 1. The molecule has 1 heterocycles. The lowest BCUT2D eigenvalue weighted by molar-refractivity contribution is -0.142. The van der Waals surface area contributed by atoms with Crippen molar-refractivity contribution in [3.8, 4) is 0 Å². The number of carboxylic acids is 1. The number of hydrogen-bond acceptors (Lipinski definition) is 4.